The van der Waals surface area contributed by atoms with Crippen LogP contribution < -0.4 is 20.1 Å². The third-order valence-electron chi connectivity index (χ3n) is 8.09. The second-order valence-corrected chi connectivity index (χ2v) is 11.7. The third kappa shape index (κ3) is 7.80. The Hall–Kier alpha value is -4.57. The molecule has 0 spiro atoms. The highest BCUT2D eigenvalue weighted by Crippen LogP contribution is 2.47. The molecule has 10 heteroatoms. The highest BCUT2D eigenvalue weighted by Gasteiger charge is 2.56. The van der Waals surface area contributed by atoms with Gasteiger partial charge in [-0.1, -0.05) is 13.8 Å². The first-order valence-corrected chi connectivity index (χ1v) is 15.8. The molecule has 242 valence electrons. The van der Waals surface area contributed by atoms with Crippen molar-refractivity contribution >= 4 is 34.1 Å². The standard InChI is InChI=1S/C36H40F2N4O4/c1-4-17-42(18-5-2)19-6-20-45-33-23-30-28(21-24(33)3)31(13-16-39-30)46-32-12-11-27(22-29(32)38)41-35(44)36(14-15-36)34(43)40-26-9-7-25(37)8-10-26/h7-13,16,21-23H,4-6,14-15,17-20H2,1-3H3,(H,40,43)(H,41,44). The molecule has 0 saturated heterocycles. The van der Waals surface area contributed by atoms with Crippen molar-refractivity contribution in [3.8, 4) is 17.2 Å². The normalized spacial score (nSPS) is 13.4. The summed E-state index contributed by atoms with van der Waals surface area (Å²) in [6, 6.07) is 14.9. The van der Waals surface area contributed by atoms with Crippen LogP contribution in [0.2, 0.25) is 0 Å². The summed E-state index contributed by atoms with van der Waals surface area (Å²) in [5.41, 5.74) is 0.897. The molecular weight excluding hydrogens is 590 g/mol. The lowest BCUT2D eigenvalue weighted by atomic mass is 10.0. The molecule has 8 nitrogen and oxygen atoms in total. The van der Waals surface area contributed by atoms with Gasteiger partial charge in [0.25, 0.3) is 0 Å². The maximum Gasteiger partial charge on any atom is 0.240 e. The fourth-order valence-electron chi connectivity index (χ4n) is 5.44. The predicted octanol–water partition coefficient (Wildman–Crippen LogP) is 7.86. The van der Waals surface area contributed by atoms with E-state index in [1.165, 1.54) is 36.4 Å². The molecule has 0 atom stereocenters. The van der Waals surface area contributed by atoms with E-state index in [0.29, 0.717) is 41.8 Å². The van der Waals surface area contributed by atoms with E-state index in [4.69, 9.17) is 9.47 Å². The van der Waals surface area contributed by atoms with Crippen molar-refractivity contribution in [2.75, 3.05) is 36.9 Å². The number of ether oxygens (including phenoxy) is 2. The van der Waals surface area contributed by atoms with Gasteiger partial charge in [0.15, 0.2) is 11.6 Å². The van der Waals surface area contributed by atoms with Gasteiger partial charge in [-0.25, -0.2) is 8.78 Å². The molecule has 3 aromatic carbocycles. The summed E-state index contributed by atoms with van der Waals surface area (Å²) in [5.74, 6) is -0.979. The highest BCUT2D eigenvalue weighted by atomic mass is 19.1. The van der Waals surface area contributed by atoms with E-state index in [0.717, 1.165) is 56.3 Å². The van der Waals surface area contributed by atoms with Crippen LogP contribution in [0.5, 0.6) is 17.2 Å². The number of carbonyl (C=O) groups excluding carboxylic acids is 2. The van der Waals surface area contributed by atoms with Crippen molar-refractivity contribution in [1.29, 1.82) is 0 Å². The lowest BCUT2D eigenvalue weighted by Gasteiger charge is -2.21. The number of aromatic nitrogens is 1. The molecule has 1 saturated carbocycles. The predicted molar refractivity (Wildman–Crippen MR) is 175 cm³/mol. The van der Waals surface area contributed by atoms with Crippen LogP contribution in [0.25, 0.3) is 10.9 Å². The number of rotatable bonds is 15. The number of benzene rings is 3. The van der Waals surface area contributed by atoms with Gasteiger partial charge in [-0.2, -0.15) is 0 Å². The first-order chi connectivity index (χ1) is 22.2. The minimum absolute atomic E-state index is 0.0256. The summed E-state index contributed by atoms with van der Waals surface area (Å²) in [7, 11) is 0. The molecule has 1 fully saturated rings. The number of nitrogens with zero attached hydrogens (tertiary/aromatic N) is 2. The monoisotopic (exact) mass is 630 g/mol. The molecule has 5 rings (SSSR count). The van der Waals surface area contributed by atoms with Crippen LogP contribution >= 0.6 is 0 Å². The van der Waals surface area contributed by atoms with Gasteiger partial charge in [-0.15, -0.1) is 0 Å². The maximum atomic E-state index is 15.2. The van der Waals surface area contributed by atoms with E-state index in [9.17, 15) is 14.0 Å². The molecule has 2 N–H and O–H groups in total. The van der Waals surface area contributed by atoms with Crippen molar-refractivity contribution in [2.45, 2.75) is 52.9 Å². The van der Waals surface area contributed by atoms with Gasteiger partial charge in [-0.3, -0.25) is 14.6 Å². The number of carbonyl (C=O) groups is 2. The SMILES string of the molecule is CCCN(CCC)CCCOc1cc2nccc(Oc3ccc(NC(=O)C4(C(=O)Nc5ccc(F)cc5)CC4)cc3F)c2cc1C. The first kappa shape index (κ1) is 32.8. The van der Waals surface area contributed by atoms with Gasteiger partial charge in [0.05, 0.1) is 12.1 Å². The summed E-state index contributed by atoms with van der Waals surface area (Å²) in [4.78, 5) is 32.8. The number of hydrogen-bond acceptors (Lipinski definition) is 6. The van der Waals surface area contributed by atoms with Crippen molar-refractivity contribution in [3.05, 3.63) is 84.1 Å². The minimum atomic E-state index is -1.26. The Morgan fingerprint density at radius 2 is 1.52 bits per heavy atom. The zero-order valence-corrected chi connectivity index (χ0v) is 26.5. The third-order valence-corrected chi connectivity index (χ3v) is 8.09. The topological polar surface area (TPSA) is 92.8 Å². The highest BCUT2D eigenvalue weighted by molar-refractivity contribution is 6.16. The Balaban J connectivity index is 1.21. The Kier molecular flexibility index (Phi) is 10.5. The number of nitrogens with one attached hydrogen (secondary N) is 2. The van der Waals surface area contributed by atoms with Crippen LogP contribution in [-0.4, -0.2) is 47.9 Å². The van der Waals surface area contributed by atoms with E-state index in [1.807, 2.05) is 19.1 Å². The maximum absolute atomic E-state index is 15.2. The molecule has 0 radical (unpaired) electrons. The fourth-order valence-corrected chi connectivity index (χ4v) is 5.44. The van der Waals surface area contributed by atoms with Gasteiger partial charge in [0, 0.05) is 41.6 Å². The number of hydrogen-bond donors (Lipinski definition) is 2. The molecule has 2 amide bonds. The number of pyridine rings is 1. The molecule has 1 aliphatic rings. The van der Waals surface area contributed by atoms with E-state index in [2.05, 4.69) is 34.4 Å². The zero-order chi connectivity index (χ0) is 32.7. The molecular formula is C36H40F2N4O4. The fraction of sp³-hybridized carbons (Fsp3) is 0.361. The Morgan fingerprint density at radius 1 is 0.848 bits per heavy atom. The molecule has 4 aromatic rings. The Morgan fingerprint density at radius 3 is 2.17 bits per heavy atom. The van der Waals surface area contributed by atoms with Crippen molar-refractivity contribution in [1.82, 2.24) is 9.88 Å². The lowest BCUT2D eigenvalue weighted by molar-refractivity contribution is -0.131. The zero-order valence-electron chi connectivity index (χ0n) is 26.5. The van der Waals surface area contributed by atoms with E-state index < -0.39 is 28.9 Å². The summed E-state index contributed by atoms with van der Waals surface area (Å²) >= 11 is 0. The molecule has 0 unspecified atom stereocenters. The van der Waals surface area contributed by atoms with Crippen LogP contribution in [0.3, 0.4) is 0 Å². The van der Waals surface area contributed by atoms with Gasteiger partial charge in [-0.05, 0) is 106 Å². The van der Waals surface area contributed by atoms with Crippen LogP contribution in [0, 0.1) is 24.0 Å². The number of anilines is 2. The van der Waals surface area contributed by atoms with Gasteiger partial charge in [0.1, 0.15) is 22.7 Å². The smallest absolute Gasteiger partial charge is 0.240 e. The summed E-state index contributed by atoms with van der Waals surface area (Å²) < 4.78 is 40.5. The average molecular weight is 631 g/mol. The number of fused-ring (bicyclic) bond motifs is 1. The van der Waals surface area contributed by atoms with Crippen molar-refractivity contribution in [2.24, 2.45) is 5.41 Å². The Labute approximate surface area is 268 Å². The van der Waals surface area contributed by atoms with Gasteiger partial charge >= 0.3 is 0 Å². The van der Waals surface area contributed by atoms with Crippen LogP contribution in [-0.2, 0) is 9.59 Å². The molecule has 0 bridgehead atoms. The largest absolute Gasteiger partial charge is 0.493 e. The van der Waals surface area contributed by atoms with Crippen molar-refractivity contribution in [3.63, 3.8) is 0 Å². The molecule has 1 heterocycles. The quantitative estimate of drug-likeness (QED) is 0.103. The van der Waals surface area contributed by atoms with Crippen molar-refractivity contribution < 1.29 is 27.8 Å². The second-order valence-electron chi connectivity index (χ2n) is 11.7. The number of halogens is 2. The molecule has 1 aromatic heterocycles. The summed E-state index contributed by atoms with van der Waals surface area (Å²) in [5, 5.41) is 6.02. The lowest BCUT2D eigenvalue weighted by Crippen LogP contribution is -2.35. The summed E-state index contributed by atoms with van der Waals surface area (Å²) in [6.07, 6.45) is 5.50. The molecule has 46 heavy (non-hydrogen) atoms. The van der Waals surface area contributed by atoms with Gasteiger partial charge < -0.3 is 25.0 Å². The van der Waals surface area contributed by atoms with Crippen LogP contribution in [0.15, 0.2) is 66.9 Å². The second kappa shape index (κ2) is 14.7. The first-order valence-electron chi connectivity index (χ1n) is 15.8. The average Bonchev–Trinajstić information content (AvgIpc) is 3.85. The molecule has 0 aliphatic heterocycles. The minimum Gasteiger partial charge on any atom is -0.493 e. The Bertz CT molecular complexity index is 1690. The van der Waals surface area contributed by atoms with E-state index >= 15 is 4.39 Å². The summed E-state index contributed by atoms with van der Waals surface area (Å²) in [6.45, 7) is 10.1. The number of amides is 2. The van der Waals surface area contributed by atoms with Gasteiger partial charge in [0.2, 0.25) is 11.8 Å². The number of aryl methyl sites for hydroxylation is 1. The van der Waals surface area contributed by atoms with E-state index in [-0.39, 0.29) is 11.4 Å². The van der Waals surface area contributed by atoms with Crippen LogP contribution in [0.1, 0.15) is 51.5 Å². The van der Waals surface area contributed by atoms with E-state index in [1.54, 1.807) is 12.3 Å². The van der Waals surface area contributed by atoms with Crippen LogP contribution in [0.4, 0.5) is 20.2 Å². The molecule has 1 aliphatic carbocycles.